The lowest BCUT2D eigenvalue weighted by Crippen LogP contribution is -2.60. The van der Waals surface area contributed by atoms with Crippen molar-refractivity contribution in [1.29, 1.82) is 0 Å². The second-order valence-corrected chi connectivity index (χ2v) is 12.9. The molecule has 1 aliphatic rings. The first-order valence-electron chi connectivity index (χ1n) is 18.4. The number of allylic oxidation sites excluding steroid dienone is 6. The molecule has 0 spiro atoms. The molecule has 1 heterocycles. The fourth-order valence-corrected chi connectivity index (χ4v) is 5.51. The third-order valence-electron chi connectivity index (χ3n) is 8.65. The lowest BCUT2D eigenvalue weighted by atomic mass is 9.98. The maximum atomic E-state index is 12.9. The summed E-state index contributed by atoms with van der Waals surface area (Å²) in [7, 11) is 0. The van der Waals surface area contributed by atoms with Gasteiger partial charge >= 0.3 is 0 Å². The van der Waals surface area contributed by atoms with Crippen LogP contribution in [0.15, 0.2) is 36.5 Å². The van der Waals surface area contributed by atoms with E-state index in [0.717, 1.165) is 38.5 Å². The van der Waals surface area contributed by atoms with Gasteiger partial charge in [-0.25, -0.2) is 0 Å². The molecule has 1 saturated heterocycles. The summed E-state index contributed by atoms with van der Waals surface area (Å²) in [6, 6.07) is -1.19. The first-order valence-corrected chi connectivity index (χ1v) is 18.4. The minimum Gasteiger partial charge on any atom is -0.394 e. The van der Waals surface area contributed by atoms with Crippen molar-refractivity contribution in [3.63, 3.8) is 0 Å². The van der Waals surface area contributed by atoms with Gasteiger partial charge in [-0.05, 0) is 70.6 Å². The van der Waals surface area contributed by atoms with Crippen molar-refractivity contribution >= 4 is 5.91 Å². The zero-order valence-electron chi connectivity index (χ0n) is 29.5. The van der Waals surface area contributed by atoms with Gasteiger partial charge in [-0.2, -0.15) is 0 Å². The van der Waals surface area contributed by atoms with Crippen LogP contribution in [0.5, 0.6) is 0 Å². The quantitative estimate of drug-likeness (QED) is 0.0445. The van der Waals surface area contributed by atoms with Crippen LogP contribution in [0, 0.1) is 0 Å². The molecule has 1 rings (SSSR count). The molecule has 0 radical (unpaired) electrons. The highest BCUT2D eigenvalue weighted by atomic mass is 16.7. The topological polar surface area (TPSA) is 189 Å². The Morgan fingerprint density at radius 3 is 1.96 bits per heavy atom. The van der Waals surface area contributed by atoms with Gasteiger partial charge < -0.3 is 50.5 Å². The Morgan fingerprint density at radius 1 is 0.729 bits per heavy atom. The number of carbonyl (C=O) groups is 1. The molecule has 9 atom stereocenters. The molecule has 0 bridgehead atoms. The predicted octanol–water partition coefficient (Wildman–Crippen LogP) is 3.71. The highest BCUT2D eigenvalue weighted by Crippen LogP contribution is 2.23. The smallest absolute Gasteiger partial charge is 0.249 e. The molecular formula is C37H67NO10. The Balaban J connectivity index is 2.64. The maximum absolute atomic E-state index is 12.9. The fraction of sp³-hybridized carbons (Fsp3) is 0.811. The number of unbranched alkanes of at least 4 members (excludes halogenated alkanes) is 10. The van der Waals surface area contributed by atoms with E-state index in [1.165, 1.54) is 38.5 Å². The number of nitrogens with one attached hydrogen (secondary N) is 1. The summed E-state index contributed by atoms with van der Waals surface area (Å²) in [5.74, 6) is -0.734. The molecule has 0 aromatic heterocycles. The highest BCUT2D eigenvalue weighted by Gasteiger charge is 2.44. The molecule has 11 nitrogen and oxygen atoms in total. The van der Waals surface area contributed by atoms with Crippen LogP contribution < -0.4 is 5.32 Å². The van der Waals surface area contributed by atoms with Crippen LogP contribution in [-0.4, -0.2) is 110 Å². The number of hydrogen-bond acceptors (Lipinski definition) is 10. The third-order valence-corrected chi connectivity index (χ3v) is 8.65. The van der Waals surface area contributed by atoms with Crippen LogP contribution in [0.3, 0.4) is 0 Å². The second kappa shape index (κ2) is 28.1. The Morgan fingerprint density at radius 2 is 1.31 bits per heavy atom. The number of carbonyl (C=O) groups excluding carboxylic acids is 1. The van der Waals surface area contributed by atoms with Gasteiger partial charge in [-0.1, -0.05) is 88.8 Å². The molecule has 9 unspecified atom stereocenters. The van der Waals surface area contributed by atoms with Gasteiger partial charge in [0.25, 0.3) is 0 Å². The summed E-state index contributed by atoms with van der Waals surface area (Å²) in [4.78, 5) is 12.9. The van der Waals surface area contributed by atoms with E-state index in [0.29, 0.717) is 19.3 Å². The molecule has 0 aliphatic carbocycles. The van der Waals surface area contributed by atoms with E-state index in [1.807, 2.05) is 6.08 Å². The SMILES string of the molecule is CC/C=C/CC/C=C/CCCC(O)C(O)C(COC1OC(CO)C(O)C(O)C1O)NC(=O)C(O)CCCC/C=C\CCCCCCCC. The van der Waals surface area contributed by atoms with Gasteiger partial charge in [-0.15, -0.1) is 0 Å². The van der Waals surface area contributed by atoms with Crippen LogP contribution in [0.25, 0.3) is 0 Å². The van der Waals surface area contributed by atoms with E-state index in [9.17, 15) is 40.5 Å². The number of amides is 1. The number of aliphatic hydroxyl groups is 7. The Bertz CT molecular complexity index is 882. The summed E-state index contributed by atoms with van der Waals surface area (Å²) in [5, 5.41) is 74.9. The average molecular weight is 686 g/mol. The number of aliphatic hydroxyl groups excluding tert-OH is 7. The highest BCUT2D eigenvalue weighted by molar-refractivity contribution is 5.80. The van der Waals surface area contributed by atoms with Gasteiger partial charge in [0.05, 0.1) is 25.4 Å². The van der Waals surface area contributed by atoms with Crippen molar-refractivity contribution in [1.82, 2.24) is 5.32 Å². The van der Waals surface area contributed by atoms with Crippen LogP contribution in [0.2, 0.25) is 0 Å². The van der Waals surface area contributed by atoms with Crippen LogP contribution in [0.1, 0.15) is 123 Å². The van der Waals surface area contributed by atoms with E-state index in [2.05, 4.69) is 49.5 Å². The van der Waals surface area contributed by atoms with E-state index in [1.54, 1.807) is 0 Å². The van der Waals surface area contributed by atoms with Crippen molar-refractivity contribution in [3.8, 4) is 0 Å². The first-order chi connectivity index (χ1) is 23.2. The number of hydrogen-bond donors (Lipinski definition) is 8. The van der Waals surface area contributed by atoms with Crippen LogP contribution in [0.4, 0.5) is 0 Å². The summed E-state index contributed by atoms with van der Waals surface area (Å²) in [6.45, 7) is 3.21. The van der Waals surface area contributed by atoms with Gasteiger partial charge in [0.1, 0.15) is 36.6 Å². The minimum atomic E-state index is -1.67. The second-order valence-electron chi connectivity index (χ2n) is 12.9. The number of rotatable bonds is 28. The lowest BCUT2D eigenvalue weighted by molar-refractivity contribution is -0.303. The molecular weight excluding hydrogens is 618 g/mol. The van der Waals surface area contributed by atoms with Gasteiger partial charge in [0, 0.05) is 0 Å². The van der Waals surface area contributed by atoms with E-state index in [4.69, 9.17) is 9.47 Å². The molecule has 0 aromatic carbocycles. The zero-order valence-corrected chi connectivity index (χ0v) is 29.5. The van der Waals surface area contributed by atoms with E-state index < -0.39 is 74.2 Å². The molecule has 1 aliphatic heterocycles. The van der Waals surface area contributed by atoms with Gasteiger partial charge in [-0.3, -0.25) is 4.79 Å². The van der Waals surface area contributed by atoms with Crippen molar-refractivity contribution in [2.75, 3.05) is 13.2 Å². The zero-order chi connectivity index (χ0) is 35.6. The summed E-state index contributed by atoms with van der Waals surface area (Å²) in [6.07, 6.45) is 16.6. The molecule has 11 heteroatoms. The van der Waals surface area contributed by atoms with E-state index >= 15 is 0 Å². The standard InChI is InChI=1S/C37H67NO10/c1-3-5-7-9-11-13-14-15-17-19-21-23-25-30(41)36(46)38-28(27-47-37-35(45)34(44)33(43)31(26-39)48-37)32(42)29(40)24-22-20-18-16-12-10-8-6-4-2/h6,8,15-18,28-35,37,39-45H,3-5,7,9-14,19-27H2,1-2H3,(H,38,46)/b8-6+,17-15-,18-16+. The van der Waals surface area contributed by atoms with Crippen molar-refractivity contribution in [2.45, 2.75) is 178 Å². The molecule has 0 saturated carbocycles. The summed E-state index contributed by atoms with van der Waals surface area (Å²) >= 11 is 0. The predicted molar refractivity (Wildman–Crippen MR) is 187 cm³/mol. The third kappa shape index (κ3) is 18.9. The normalized spacial score (nSPS) is 24.4. The molecule has 280 valence electrons. The van der Waals surface area contributed by atoms with Crippen molar-refractivity contribution < 1.29 is 50.0 Å². The van der Waals surface area contributed by atoms with Crippen molar-refractivity contribution in [3.05, 3.63) is 36.5 Å². The Kier molecular flexibility index (Phi) is 25.9. The summed E-state index contributed by atoms with van der Waals surface area (Å²) < 4.78 is 11.0. The first kappa shape index (κ1) is 44.4. The van der Waals surface area contributed by atoms with Gasteiger partial charge in [0.15, 0.2) is 6.29 Å². The van der Waals surface area contributed by atoms with Crippen LogP contribution in [-0.2, 0) is 14.3 Å². The molecule has 48 heavy (non-hydrogen) atoms. The summed E-state index contributed by atoms with van der Waals surface area (Å²) in [5.41, 5.74) is 0. The van der Waals surface area contributed by atoms with Crippen LogP contribution >= 0.6 is 0 Å². The number of ether oxygens (including phenoxy) is 2. The Hall–Kier alpha value is -1.67. The largest absolute Gasteiger partial charge is 0.394 e. The van der Waals surface area contributed by atoms with Gasteiger partial charge in [0.2, 0.25) is 5.91 Å². The monoisotopic (exact) mass is 685 g/mol. The Labute approximate surface area is 288 Å². The molecule has 8 N–H and O–H groups in total. The maximum Gasteiger partial charge on any atom is 0.249 e. The minimum absolute atomic E-state index is 0.219. The molecule has 0 aromatic rings. The molecule has 1 fully saturated rings. The average Bonchev–Trinajstić information content (AvgIpc) is 3.08. The lowest BCUT2D eigenvalue weighted by Gasteiger charge is -2.40. The van der Waals surface area contributed by atoms with E-state index in [-0.39, 0.29) is 12.8 Å². The fourth-order valence-electron chi connectivity index (χ4n) is 5.51. The van der Waals surface area contributed by atoms with Crippen molar-refractivity contribution in [2.24, 2.45) is 0 Å². The molecule has 1 amide bonds.